The Kier molecular flexibility index (Phi) is 7.57. The summed E-state index contributed by atoms with van der Waals surface area (Å²) in [6.45, 7) is -2.81. The molecule has 0 aliphatic heterocycles. The zero-order valence-corrected chi connectivity index (χ0v) is 16.2. The van der Waals surface area contributed by atoms with Crippen LogP contribution in [0.5, 0.6) is 17.2 Å². The van der Waals surface area contributed by atoms with E-state index in [1.807, 2.05) is 43.3 Å². The minimum absolute atomic E-state index is 0.0214. The van der Waals surface area contributed by atoms with Crippen molar-refractivity contribution in [2.45, 2.75) is 12.7 Å². The summed E-state index contributed by atoms with van der Waals surface area (Å²) < 4.78 is 40.2. The van der Waals surface area contributed by atoms with Gasteiger partial charge in [0, 0.05) is 6.54 Å². The fourth-order valence-corrected chi connectivity index (χ4v) is 2.78. The molecule has 152 valence electrons. The number of ether oxygens (including phenoxy) is 3. The van der Waals surface area contributed by atoms with Gasteiger partial charge in [-0.25, -0.2) is 0 Å². The van der Waals surface area contributed by atoms with Crippen molar-refractivity contribution < 1.29 is 27.8 Å². The molecule has 1 unspecified atom stereocenters. The number of nitrogens with one attached hydrogen (secondary N) is 1. The molecule has 0 saturated heterocycles. The molecule has 0 spiro atoms. The Morgan fingerprint density at radius 1 is 1.07 bits per heavy atom. The van der Waals surface area contributed by atoms with Crippen LogP contribution in [0.1, 0.15) is 22.0 Å². The normalized spacial score (nSPS) is 12.0. The number of likely N-dealkylation sites (N-methyl/N-ethyl adjacent to an activating group) is 1. The van der Waals surface area contributed by atoms with E-state index in [4.69, 9.17) is 9.47 Å². The molecule has 6 nitrogen and oxygen atoms in total. The molecule has 0 fully saturated rings. The first-order valence-corrected chi connectivity index (χ1v) is 8.57. The molecule has 0 radical (unpaired) electrons. The molecule has 0 aliphatic carbocycles. The Bertz CT molecular complexity index is 782. The van der Waals surface area contributed by atoms with Crippen LogP contribution in [-0.2, 0) is 0 Å². The molecule has 1 atom stereocenters. The van der Waals surface area contributed by atoms with E-state index in [0.717, 1.165) is 11.3 Å². The lowest BCUT2D eigenvalue weighted by atomic mass is 10.1. The molecule has 0 aromatic heterocycles. The average Bonchev–Trinajstić information content (AvgIpc) is 2.68. The van der Waals surface area contributed by atoms with E-state index in [1.165, 1.54) is 19.2 Å². The van der Waals surface area contributed by atoms with Crippen LogP contribution in [0.25, 0.3) is 0 Å². The van der Waals surface area contributed by atoms with Gasteiger partial charge in [0.2, 0.25) is 0 Å². The lowest BCUT2D eigenvalue weighted by Gasteiger charge is -2.25. The highest BCUT2D eigenvalue weighted by atomic mass is 19.3. The first-order chi connectivity index (χ1) is 13.4. The van der Waals surface area contributed by atoms with Crippen LogP contribution in [0.15, 0.2) is 42.5 Å². The van der Waals surface area contributed by atoms with Crippen LogP contribution >= 0.6 is 0 Å². The molecule has 28 heavy (non-hydrogen) atoms. The number of carbonyl (C=O) groups is 1. The van der Waals surface area contributed by atoms with Crippen LogP contribution in [0.3, 0.4) is 0 Å². The summed E-state index contributed by atoms with van der Waals surface area (Å²) in [5.74, 6) is -0.0269. The standard InChI is InChI=1S/C20H24F2N2O4/c1-24(2)16(13-8-10-14(26-3)11-9-13)12-23-19(25)15-6-5-7-17(27-4)18(15)28-20(21)22/h5-11,16,20H,12H2,1-4H3,(H,23,25). The fraction of sp³-hybridized carbons (Fsp3) is 0.350. The van der Waals surface area contributed by atoms with Crippen LogP contribution in [0, 0.1) is 0 Å². The van der Waals surface area contributed by atoms with Gasteiger partial charge in [-0.15, -0.1) is 0 Å². The predicted molar refractivity (Wildman–Crippen MR) is 101 cm³/mol. The van der Waals surface area contributed by atoms with Gasteiger partial charge in [-0.3, -0.25) is 4.79 Å². The van der Waals surface area contributed by atoms with Gasteiger partial charge in [0.1, 0.15) is 5.75 Å². The number of methoxy groups -OCH3 is 2. The van der Waals surface area contributed by atoms with Crippen LogP contribution < -0.4 is 19.5 Å². The molecule has 1 amide bonds. The first kappa shape index (κ1) is 21.4. The Balaban J connectivity index is 2.18. The number of hydrogen-bond acceptors (Lipinski definition) is 5. The van der Waals surface area contributed by atoms with E-state index in [-0.39, 0.29) is 29.6 Å². The Labute approximate surface area is 163 Å². The summed E-state index contributed by atoms with van der Waals surface area (Å²) >= 11 is 0. The molecule has 8 heteroatoms. The van der Waals surface area contributed by atoms with Crippen molar-refractivity contribution in [3.63, 3.8) is 0 Å². The second-order valence-electron chi connectivity index (χ2n) is 6.18. The number of nitrogens with zero attached hydrogens (tertiary/aromatic N) is 1. The van der Waals surface area contributed by atoms with Gasteiger partial charge in [0.05, 0.1) is 25.8 Å². The first-order valence-electron chi connectivity index (χ1n) is 8.57. The molecule has 0 saturated carbocycles. The van der Waals surface area contributed by atoms with Gasteiger partial charge < -0.3 is 24.4 Å². The highest BCUT2D eigenvalue weighted by Crippen LogP contribution is 2.32. The zero-order valence-electron chi connectivity index (χ0n) is 16.2. The van der Waals surface area contributed by atoms with E-state index in [1.54, 1.807) is 13.2 Å². The highest BCUT2D eigenvalue weighted by Gasteiger charge is 2.22. The molecule has 0 aliphatic rings. The van der Waals surface area contributed by atoms with Crippen molar-refractivity contribution in [3.05, 3.63) is 53.6 Å². The summed E-state index contributed by atoms with van der Waals surface area (Å²) in [6.07, 6.45) is 0. The average molecular weight is 394 g/mol. The van der Waals surface area contributed by atoms with Gasteiger partial charge in [-0.2, -0.15) is 8.78 Å². The maximum atomic E-state index is 12.8. The minimum atomic E-state index is -3.07. The summed E-state index contributed by atoms with van der Waals surface area (Å²) in [5, 5.41) is 2.78. The summed E-state index contributed by atoms with van der Waals surface area (Å²) in [5.41, 5.74) is 0.952. The third-order valence-corrected chi connectivity index (χ3v) is 4.23. The van der Waals surface area contributed by atoms with Crippen molar-refractivity contribution in [2.24, 2.45) is 0 Å². The summed E-state index contributed by atoms with van der Waals surface area (Å²) in [4.78, 5) is 14.6. The smallest absolute Gasteiger partial charge is 0.387 e. The third-order valence-electron chi connectivity index (χ3n) is 4.23. The van der Waals surface area contributed by atoms with E-state index >= 15 is 0 Å². The molecular weight excluding hydrogens is 370 g/mol. The lowest BCUT2D eigenvalue weighted by molar-refractivity contribution is -0.0515. The van der Waals surface area contributed by atoms with Crippen LogP contribution in [0.2, 0.25) is 0 Å². The van der Waals surface area contributed by atoms with Crippen molar-refractivity contribution in [2.75, 3.05) is 34.9 Å². The SMILES string of the molecule is COc1ccc(C(CNC(=O)c2cccc(OC)c2OC(F)F)N(C)C)cc1. The number of hydrogen-bond donors (Lipinski definition) is 1. The molecular formula is C20H24F2N2O4. The van der Waals surface area contributed by atoms with Crippen molar-refractivity contribution in [1.82, 2.24) is 10.2 Å². The number of rotatable bonds is 9. The molecule has 2 aromatic carbocycles. The summed E-state index contributed by atoms with van der Waals surface area (Å²) in [7, 11) is 6.68. The van der Waals surface area contributed by atoms with Crippen molar-refractivity contribution >= 4 is 5.91 Å². The second-order valence-corrected chi connectivity index (χ2v) is 6.18. The maximum Gasteiger partial charge on any atom is 0.387 e. The summed E-state index contributed by atoms with van der Waals surface area (Å²) in [6, 6.07) is 11.8. The number of halogens is 2. The van der Waals surface area contributed by atoms with E-state index < -0.39 is 12.5 Å². The van der Waals surface area contributed by atoms with Gasteiger partial charge in [0.15, 0.2) is 11.5 Å². The molecule has 0 heterocycles. The van der Waals surface area contributed by atoms with E-state index in [9.17, 15) is 13.6 Å². The fourth-order valence-electron chi connectivity index (χ4n) is 2.78. The number of alkyl halides is 2. The highest BCUT2D eigenvalue weighted by molar-refractivity contribution is 5.97. The predicted octanol–water partition coefficient (Wildman–Crippen LogP) is 3.34. The van der Waals surface area contributed by atoms with Crippen LogP contribution in [-0.4, -0.2) is 52.3 Å². The van der Waals surface area contributed by atoms with Gasteiger partial charge >= 0.3 is 6.61 Å². The lowest BCUT2D eigenvalue weighted by Crippen LogP contribution is -2.34. The van der Waals surface area contributed by atoms with Gasteiger partial charge in [0.25, 0.3) is 5.91 Å². The molecule has 1 N–H and O–H groups in total. The third kappa shape index (κ3) is 5.32. The number of amides is 1. The Hall–Kier alpha value is -2.87. The van der Waals surface area contributed by atoms with E-state index in [0.29, 0.717) is 0 Å². The van der Waals surface area contributed by atoms with Crippen LogP contribution in [0.4, 0.5) is 8.78 Å². The van der Waals surface area contributed by atoms with Crippen molar-refractivity contribution in [3.8, 4) is 17.2 Å². The number of para-hydroxylation sites is 1. The number of benzene rings is 2. The number of carbonyl (C=O) groups excluding carboxylic acids is 1. The molecule has 2 aromatic rings. The van der Waals surface area contributed by atoms with Crippen molar-refractivity contribution in [1.29, 1.82) is 0 Å². The largest absolute Gasteiger partial charge is 0.497 e. The van der Waals surface area contributed by atoms with E-state index in [2.05, 4.69) is 10.1 Å². The topological polar surface area (TPSA) is 60.0 Å². The minimum Gasteiger partial charge on any atom is -0.497 e. The molecule has 2 rings (SSSR count). The maximum absolute atomic E-state index is 12.8. The Morgan fingerprint density at radius 2 is 1.75 bits per heavy atom. The zero-order chi connectivity index (χ0) is 20.7. The van der Waals surface area contributed by atoms with Gasteiger partial charge in [-0.1, -0.05) is 18.2 Å². The van der Waals surface area contributed by atoms with Gasteiger partial charge in [-0.05, 0) is 43.9 Å². The molecule has 0 bridgehead atoms. The second kappa shape index (κ2) is 9.89. The monoisotopic (exact) mass is 394 g/mol. The quantitative estimate of drug-likeness (QED) is 0.707. The Morgan fingerprint density at radius 3 is 2.29 bits per heavy atom.